The molecule has 0 saturated carbocycles. The number of ether oxygens (including phenoxy) is 1. The van der Waals surface area contributed by atoms with Crippen molar-refractivity contribution in [2.75, 3.05) is 45.1 Å². The van der Waals surface area contributed by atoms with Crippen LogP contribution in [0, 0.1) is 5.82 Å². The van der Waals surface area contributed by atoms with Crippen LogP contribution in [0.3, 0.4) is 0 Å². The molecule has 0 bridgehead atoms. The zero-order chi connectivity index (χ0) is 19.5. The molecule has 0 aliphatic carbocycles. The summed E-state index contributed by atoms with van der Waals surface area (Å²) in [6.07, 6.45) is 3.39. The Balaban J connectivity index is 1.60. The van der Waals surface area contributed by atoms with Crippen molar-refractivity contribution in [3.63, 3.8) is 0 Å². The molecule has 28 heavy (non-hydrogen) atoms. The maximum Gasteiger partial charge on any atom is 0.237 e. The second-order valence-corrected chi connectivity index (χ2v) is 7.17. The van der Waals surface area contributed by atoms with E-state index in [-0.39, 0.29) is 23.7 Å². The maximum absolute atomic E-state index is 13.3. The molecule has 2 aliphatic rings. The van der Waals surface area contributed by atoms with Gasteiger partial charge in [-0.15, -0.1) is 0 Å². The highest BCUT2D eigenvalue weighted by molar-refractivity contribution is 5.79. The molecular formula is C20H24FN5O2. The Hall–Kier alpha value is -2.58. The van der Waals surface area contributed by atoms with E-state index in [1.807, 2.05) is 4.90 Å². The summed E-state index contributed by atoms with van der Waals surface area (Å²) < 4.78 is 18.7. The summed E-state index contributed by atoms with van der Waals surface area (Å²) in [5.74, 6) is -0.0372. The Morgan fingerprint density at radius 1 is 1.21 bits per heavy atom. The number of aromatic nitrogens is 2. The van der Waals surface area contributed by atoms with Gasteiger partial charge in [-0.25, -0.2) is 14.4 Å². The van der Waals surface area contributed by atoms with Crippen LogP contribution in [0.4, 0.5) is 10.3 Å². The first-order chi connectivity index (χ1) is 13.6. The molecular weight excluding hydrogens is 361 g/mol. The Morgan fingerprint density at radius 3 is 2.71 bits per heavy atom. The Labute approximate surface area is 163 Å². The molecule has 4 rings (SSSR count). The van der Waals surface area contributed by atoms with E-state index in [2.05, 4.69) is 14.9 Å². The third-order valence-electron chi connectivity index (χ3n) is 5.34. The lowest BCUT2D eigenvalue weighted by Gasteiger charge is -2.31. The molecule has 2 aliphatic heterocycles. The van der Waals surface area contributed by atoms with Crippen molar-refractivity contribution in [1.29, 1.82) is 0 Å². The van der Waals surface area contributed by atoms with Gasteiger partial charge in [0.15, 0.2) is 0 Å². The molecule has 0 spiro atoms. The molecule has 0 radical (unpaired) electrons. The number of morpholine rings is 1. The summed E-state index contributed by atoms with van der Waals surface area (Å²) in [5.41, 5.74) is 8.18. The number of nitrogens with two attached hydrogens (primary N) is 1. The van der Waals surface area contributed by atoms with Crippen LogP contribution in [0.2, 0.25) is 0 Å². The molecule has 3 heterocycles. The first kappa shape index (κ1) is 18.8. The molecule has 1 aromatic carbocycles. The number of amides is 1. The number of anilines is 1. The summed E-state index contributed by atoms with van der Waals surface area (Å²) in [4.78, 5) is 25.6. The van der Waals surface area contributed by atoms with E-state index in [0.717, 1.165) is 42.8 Å². The molecule has 7 nitrogen and oxygen atoms in total. The van der Waals surface area contributed by atoms with E-state index in [4.69, 9.17) is 10.5 Å². The van der Waals surface area contributed by atoms with Gasteiger partial charge >= 0.3 is 0 Å². The summed E-state index contributed by atoms with van der Waals surface area (Å²) in [5, 5.41) is 0. The molecule has 2 N–H and O–H groups in total. The molecule has 0 unspecified atom stereocenters. The number of rotatable bonds is 4. The Bertz CT molecular complexity index is 839. The topological polar surface area (TPSA) is 84.6 Å². The van der Waals surface area contributed by atoms with Gasteiger partial charge in [-0.05, 0) is 30.5 Å². The van der Waals surface area contributed by atoms with Gasteiger partial charge in [-0.3, -0.25) is 9.69 Å². The van der Waals surface area contributed by atoms with Crippen molar-refractivity contribution in [2.24, 2.45) is 0 Å². The lowest BCUT2D eigenvalue weighted by Crippen LogP contribution is -2.44. The second-order valence-electron chi connectivity index (χ2n) is 7.17. The highest BCUT2D eigenvalue weighted by Crippen LogP contribution is 2.36. The van der Waals surface area contributed by atoms with Gasteiger partial charge in [0.2, 0.25) is 11.9 Å². The number of hydrogen-bond acceptors (Lipinski definition) is 6. The normalized spacial score (nSPS) is 20.5. The molecule has 1 atom stereocenters. The number of benzene rings is 1. The van der Waals surface area contributed by atoms with Gasteiger partial charge in [0.25, 0.3) is 0 Å². The molecule has 1 amide bonds. The fraction of sp³-hybridized carbons (Fsp3) is 0.450. The van der Waals surface area contributed by atoms with Crippen LogP contribution in [0.5, 0.6) is 0 Å². The lowest BCUT2D eigenvalue weighted by atomic mass is 10.00. The van der Waals surface area contributed by atoms with E-state index in [0.29, 0.717) is 26.3 Å². The van der Waals surface area contributed by atoms with Crippen molar-refractivity contribution in [2.45, 2.75) is 18.9 Å². The number of nitrogens with zero attached hydrogens (tertiary/aromatic N) is 4. The zero-order valence-electron chi connectivity index (χ0n) is 15.7. The van der Waals surface area contributed by atoms with Crippen molar-refractivity contribution in [3.8, 4) is 11.1 Å². The summed E-state index contributed by atoms with van der Waals surface area (Å²) >= 11 is 0. The fourth-order valence-electron chi connectivity index (χ4n) is 3.91. The number of nitrogen functional groups attached to an aromatic ring is 1. The largest absolute Gasteiger partial charge is 0.379 e. The Kier molecular flexibility index (Phi) is 5.50. The Morgan fingerprint density at radius 2 is 1.96 bits per heavy atom. The van der Waals surface area contributed by atoms with E-state index in [1.165, 1.54) is 12.1 Å². The SMILES string of the molecule is Nc1ncc(-c2ccc(F)cc2)c([C@@H]2CCCN2C(=O)CN2CCOCC2)n1. The summed E-state index contributed by atoms with van der Waals surface area (Å²) in [6, 6.07) is 6.06. The van der Waals surface area contributed by atoms with Crippen LogP contribution in [0.15, 0.2) is 30.5 Å². The minimum absolute atomic E-state index is 0.0895. The van der Waals surface area contributed by atoms with Gasteiger partial charge in [-0.1, -0.05) is 12.1 Å². The average molecular weight is 385 g/mol. The number of halogens is 1. The van der Waals surface area contributed by atoms with E-state index < -0.39 is 0 Å². The van der Waals surface area contributed by atoms with Crippen LogP contribution >= 0.6 is 0 Å². The van der Waals surface area contributed by atoms with Crippen LogP contribution < -0.4 is 5.73 Å². The number of hydrogen-bond donors (Lipinski definition) is 1. The zero-order valence-corrected chi connectivity index (χ0v) is 15.7. The standard InChI is InChI=1S/C20H24FN5O2/c21-15-5-3-14(4-6-15)16-12-23-20(22)24-19(16)17-2-1-7-26(17)18(27)13-25-8-10-28-11-9-25/h3-6,12,17H,1-2,7-11,13H2,(H2,22,23,24)/t17-/m0/s1. The predicted molar refractivity (Wildman–Crippen MR) is 103 cm³/mol. The molecule has 2 saturated heterocycles. The molecule has 1 aromatic heterocycles. The van der Waals surface area contributed by atoms with Crippen molar-refractivity contribution in [1.82, 2.24) is 19.8 Å². The minimum atomic E-state index is -0.301. The smallest absolute Gasteiger partial charge is 0.237 e. The first-order valence-corrected chi connectivity index (χ1v) is 9.60. The molecule has 148 valence electrons. The maximum atomic E-state index is 13.3. The molecule has 8 heteroatoms. The van der Waals surface area contributed by atoms with E-state index >= 15 is 0 Å². The fourth-order valence-corrected chi connectivity index (χ4v) is 3.91. The van der Waals surface area contributed by atoms with Crippen LogP contribution in [0.1, 0.15) is 24.6 Å². The second kappa shape index (κ2) is 8.20. The van der Waals surface area contributed by atoms with Crippen LogP contribution in [0.25, 0.3) is 11.1 Å². The molecule has 2 fully saturated rings. The third kappa shape index (κ3) is 3.98. The van der Waals surface area contributed by atoms with Gasteiger partial charge in [0, 0.05) is 31.4 Å². The number of carbonyl (C=O) groups excluding carboxylic acids is 1. The number of carbonyl (C=O) groups is 1. The third-order valence-corrected chi connectivity index (χ3v) is 5.34. The quantitative estimate of drug-likeness (QED) is 0.865. The highest BCUT2D eigenvalue weighted by Gasteiger charge is 2.33. The highest BCUT2D eigenvalue weighted by atomic mass is 19.1. The van der Waals surface area contributed by atoms with Crippen LogP contribution in [-0.2, 0) is 9.53 Å². The predicted octanol–water partition coefficient (Wildman–Crippen LogP) is 1.86. The van der Waals surface area contributed by atoms with Crippen molar-refractivity contribution >= 4 is 11.9 Å². The molecule has 2 aromatic rings. The van der Waals surface area contributed by atoms with E-state index in [9.17, 15) is 9.18 Å². The van der Waals surface area contributed by atoms with Gasteiger partial charge < -0.3 is 15.4 Å². The number of likely N-dealkylation sites (tertiary alicyclic amines) is 1. The van der Waals surface area contributed by atoms with Gasteiger partial charge in [0.1, 0.15) is 5.82 Å². The van der Waals surface area contributed by atoms with Gasteiger partial charge in [-0.2, -0.15) is 0 Å². The van der Waals surface area contributed by atoms with Crippen LogP contribution in [-0.4, -0.2) is 65.1 Å². The summed E-state index contributed by atoms with van der Waals surface area (Å²) in [7, 11) is 0. The average Bonchev–Trinajstić information content (AvgIpc) is 3.19. The van der Waals surface area contributed by atoms with Crippen molar-refractivity contribution < 1.29 is 13.9 Å². The lowest BCUT2D eigenvalue weighted by molar-refractivity contribution is -0.134. The summed E-state index contributed by atoms with van der Waals surface area (Å²) in [6.45, 7) is 3.94. The first-order valence-electron chi connectivity index (χ1n) is 9.60. The van der Waals surface area contributed by atoms with E-state index in [1.54, 1.807) is 18.3 Å². The minimum Gasteiger partial charge on any atom is -0.379 e. The monoisotopic (exact) mass is 385 g/mol. The van der Waals surface area contributed by atoms with Gasteiger partial charge in [0.05, 0.1) is 31.5 Å². The van der Waals surface area contributed by atoms with Crippen molar-refractivity contribution in [3.05, 3.63) is 42.0 Å².